The van der Waals surface area contributed by atoms with Gasteiger partial charge in [0.15, 0.2) is 0 Å². The first-order chi connectivity index (χ1) is 12.4. The van der Waals surface area contributed by atoms with Gasteiger partial charge in [0.05, 0.1) is 5.56 Å². The van der Waals surface area contributed by atoms with E-state index in [0.29, 0.717) is 31.3 Å². The van der Waals surface area contributed by atoms with Crippen LogP contribution in [0.2, 0.25) is 0 Å². The van der Waals surface area contributed by atoms with Crippen LogP contribution in [-0.2, 0) is 11.0 Å². The summed E-state index contributed by atoms with van der Waals surface area (Å²) < 4.78 is 39.3. The lowest BCUT2D eigenvalue weighted by atomic mass is 9.69. The number of carbonyl (C=O) groups is 1. The van der Waals surface area contributed by atoms with Gasteiger partial charge in [-0.15, -0.1) is 0 Å². The highest BCUT2D eigenvalue weighted by Gasteiger charge is 2.38. The Morgan fingerprint density at radius 2 is 2.12 bits per heavy atom. The highest BCUT2D eigenvalue weighted by Crippen LogP contribution is 2.47. The summed E-state index contributed by atoms with van der Waals surface area (Å²) in [5.74, 6) is 0.825. The van der Waals surface area contributed by atoms with Crippen LogP contribution in [0.3, 0.4) is 0 Å². The van der Waals surface area contributed by atoms with Crippen LogP contribution >= 0.6 is 0 Å². The van der Waals surface area contributed by atoms with Gasteiger partial charge in [-0.1, -0.05) is 0 Å². The number of rotatable bonds is 5. The Bertz CT molecular complexity index is 647. The maximum absolute atomic E-state index is 13.1. The van der Waals surface area contributed by atoms with Gasteiger partial charge in [0.2, 0.25) is 5.91 Å². The molecule has 3 atom stereocenters. The van der Waals surface area contributed by atoms with Crippen molar-refractivity contribution in [3.63, 3.8) is 0 Å². The molecule has 3 rings (SSSR count). The smallest absolute Gasteiger partial charge is 0.385 e. The number of anilines is 1. The number of benzene rings is 1. The summed E-state index contributed by atoms with van der Waals surface area (Å²) >= 11 is 0. The number of nitrogens with one attached hydrogen (secondary N) is 3. The SMILES string of the molecule is CNCCC(=O)NCC1CCC2CNc3ccc(C(F)(F)F)cc3C2C1. The molecule has 1 heterocycles. The fourth-order valence-corrected chi connectivity index (χ4v) is 4.16. The Morgan fingerprint density at radius 1 is 1.31 bits per heavy atom. The Balaban J connectivity index is 1.68. The Morgan fingerprint density at radius 3 is 2.85 bits per heavy atom. The molecule has 3 unspecified atom stereocenters. The molecule has 1 aliphatic heterocycles. The van der Waals surface area contributed by atoms with E-state index < -0.39 is 11.7 Å². The van der Waals surface area contributed by atoms with Crippen molar-refractivity contribution in [2.45, 2.75) is 37.8 Å². The lowest BCUT2D eigenvalue weighted by Crippen LogP contribution is -2.38. The van der Waals surface area contributed by atoms with Crippen molar-refractivity contribution in [3.8, 4) is 0 Å². The van der Waals surface area contributed by atoms with Gasteiger partial charge in [-0.3, -0.25) is 4.79 Å². The molecule has 1 saturated carbocycles. The molecule has 0 spiro atoms. The first kappa shape index (κ1) is 19.0. The second-order valence-electron chi connectivity index (χ2n) is 7.38. The molecule has 26 heavy (non-hydrogen) atoms. The van der Waals surface area contributed by atoms with Gasteiger partial charge < -0.3 is 16.0 Å². The quantitative estimate of drug-likeness (QED) is 0.746. The normalized spacial score (nSPS) is 25.0. The second-order valence-corrected chi connectivity index (χ2v) is 7.38. The van der Waals surface area contributed by atoms with Crippen molar-refractivity contribution in [2.75, 3.05) is 32.0 Å². The van der Waals surface area contributed by atoms with Crippen molar-refractivity contribution in [3.05, 3.63) is 29.3 Å². The highest BCUT2D eigenvalue weighted by atomic mass is 19.4. The number of hydrogen-bond donors (Lipinski definition) is 3. The van der Waals surface area contributed by atoms with E-state index in [0.717, 1.165) is 43.1 Å². The van der Waals surface area contributed by atoms with Crippen LogP contribution in [0, 0.1) is 11.8 Å². The average Bonchev–Trinajstić information content (AvgIpc) is 2.63. The Kier molecular flexibility index (Phi) is 5.75. The third kappa shape index (κ3) is 4.31. The molecule has 1 aliphatic carbocycles. The maximum atomic E-state index is 13.1. The zero-order chi connectivity index (χ0) is 18.7. The van der Waals surface area contributed by atoms with E-state index >= 15 is 0 Å². The molecule has 4 nitrogen and oxygen atoms in total. The minimum Gasteiger partial charge on any atom is -0.385 e. The molecule has 0 aromatic heterocycles. The predicted octanol–water partition coefficient (Wildman–Crippen LogP) is 3.36. The molecule has 144 valence electrons. The van der Waals surface area contributed by atoms with E-state index in [4.69, 9.17) is 0 Å². The van der Waals surface area contributed by atoms with Crippen LogP contribution in [-0.4, -0.2) is 32.6 Å². The van der Waals surface area contributed by atoms with E-state index in [1.54, 1.807) is 13.1 Å². The van der Waals surface area contributed by atoms with Gasteiger partial charge in [-0.05, 0) is 67.8 Å². The molecule has 0 bridgehead atoms. The summed E-state index contributed by atoms with van der Waals surface area (Å²) in [6.07, 6.45) is -1.07. The van der Waals surface area contributed by atoms with Crippen molar-refractivity contribution in [2.24, 2.45) is 11.8 Å². The van der Waals surface area contributed by atoms with Crippen LogP contribution in [0.25, 0.3) is 0 Å². The highest BCUT2D eigenvalue weighted by molar-refractivity contribution is 5.76. The van der Waals surface area contributed by atoms with Crippen molar-refractivity contribution < 1.29 is 18.0 Å². The van der Waals surface area contributed by atoms with Crippen LogP contribution in [0.4, 0.5) is 18.9 Å². The van der Waals surface area contributed by atoms with E-state index in [1.165, 1.54) is 6.07 Å². The van der Waals surface area contributed by atoms with E-state index in [-0.39, 0.29) is 11.8 Å². The molecular formula is C19H26F3N3O. The monoisotopic (exact) mass is 369 g/mol. The van der Waals surface area contributed by atoms with E-state index in [2.05, 4.69) is 16.0 Å². The Hall–Kier alpha value is -1.76. The van der Waals surface area contributed by atoms with Crippen LogP contribution in [0.5, 0.6) is 0 Å². The second kappa shape index (κ2) is 7.86. The summed E-state index contributed by atoms with van der Waals surface area (Å²) in [7, 11) is 1.80. The lowest BCUT2D eigenvalue weighted by Gasteiger charge is -2.41. The third-order valence-corrected chi connectivity index (χ3v) is 5.63. The Labute approximate surface area is 151 Å². The predicted molar refractivity (Wildman–Crippen MR) is 95.1 cm³/mol. The summed E-state index contributed by atoms with van der Waals surface area (Å²) in [6.45, 7) is 2.05. The van der Waals surface area contributed by atoms with Crippen LogP contribution in [0.1, 0.15) is 42.7 Å². The molecule has 1 aromatic rings. The van der Waals surface area contributed by atoms with Crippen LogP contribution < -0.4 is 16.0 Å². The number of hydrogen-bond acceptors (Lipinski definition) is 3. The van der Waals surface area contributed by atoms with Crippen LogP contribution in [0.15, 0.2) is 18.2 Å². The van der Waals surface area contributed by atoms with Gasteiger partial charge in [-0.25, -0.2) is 0 Å². The number of fused-ring (bicyclic) bond motifs is 3. The lowest BCUT2D eigenvalue weighted by molar-refractivity contribution is -0.137. The standard InChI is InChI=1S/C19H26F3N3O/c1-23-7-6-18(26)25-10-12-2-3-13-11-24-17-5-4-14(19(20,21)22)9-16(17)15(13)8-12/h4-5,9,12-13,15,23-24H,2-3,6-8,10-11H2,1H3,(H,25,26). The molecule has 1 aromatic carbocycles. The fourth-order valence-electron chi connectivity index (χ4n) is 4.16. The molecule has 1 amide bonds. The van der Waals surface area contributed by atoms with Gasteiger partial charge in [-0.2, -0.15) is 13.2 Å². The van der Waals surface area contributed by atoms with Gasteiger partial charge in [0.1, 0.15) is 0 Å². The van der Waals surface area contributed by atoms with Crippen molar-refractivity contribution in [1.29, 1.82) is 0 Å². The summed E-state index contributed by atoms with van der Waals surface area (Å²) in [5, 5.41) is 9.19. The van der Waals surface area contributed by atoms with Gasteiger partial charge >= 0.3 is 6.18 Å². The largest absolute Gasteiger partial charge is 0.416 e. The average molecular weight is 369 g/mol. The zero-order valence-electron chi connectivity index (χ0n) is 15.0. The molecule has 7 heteroatoms. The summed E-state index contributed by atoms with van der Waals surface area (Å²) in [6, 6.07) is 4.01. The minimum atomic E-state index is -4.32. The zero-order valence-corrected chi connectivity index (χ0v) is 15.0. The van der Waals surface area contributed by atoms with Gasteiger partial charge in [0.25, 0.3) is 0 Å². The van der Waals surface area contributed by atoms with Crippen molar-refractivity contribution >= 4 is 11.6 Å². The van der Waals surface area contributed by atoms with Crippen molar-refractivity contribution in [1.82, 2.24) is 10.6 Å². The summed E-state index contributed by atoms with van der Waals surface area (Å²) in [5.41, 5.74) is 1.02. The minimum absolute atomic E-state index is 0.0199. The molecule has 0 saturated heterocycles. The summed E-state index contributed by atoms with van der Waals surface area (Å²) in [4.78, 5) is 11.8. The topological polar surface area (TPSA) is 53.2 Å². The number of alkyl halides is 3. The third-order valence-electron chi connectivity index (χ3n) is 5.63. The first-order valence-corrected chi connectivity index (χ1v) is 9.24. The fraction of sp³-hybridized carbons (Fsp3) is 0.632. The number of carbonyl (C=O) groups excluding carboxylic acids is 1. The maximum Gasteiger partial charge on any atom is 0.416 e. The molecule has 3 N–H and O–H groups in total. The number of halogens is 3. The van der Waals surface area contributed by atoms with E-state index in [1.807, 2.05) is 0 Å². The van der Waals surface area contributed by atoms with E-state index in [9.17, 15) is 18.0 Å². The molecular weight excluding hydrogens is 343 g/mol. The molecule has 1 fully saturated rings. The molecule has 0 radical (unpaired) electrons. The first-order valence-electron chi connectivity index (χ1n) is 9.24. The molecule has 2 aliphatic rings. The number of amides is 1. The van der Waals surface area contributed by atoms with Gasteiger partial charge in [0, 0.05) is 31.7 Å².